The van der Waals surface area contributed by atoms with Gasteiger partial charge in [0.25, 0.3) is 7.63 Å². The van der Waals surface area contributed by atoms with Gasteiger partial charge in [-0.2, -0.15) is 0 Å². The zero-order valence-corrected chi connectivity index (χ0v) is 12.6. The molecule has 6 heteroatoms. The average Bonchev–Trinajstić information content (AvgIpc) is 2.05. The molecule has 1 atom stereocenters. The molecule has 0 bridgehead atoms. The Morgan fingerprint density at radius 2 is 1.77 bits per heavy atom. The van der Waals surface area contributed by atoms with Crippen molar-refractivity contribution in [1.29, 1.82) is 0 Å². The molecule has 0 radical (unpaired) electrons. The molecule has 1 unspecified atom stereocenters. The third kappa shape index (κ3) is 6.64. The summed E-state index contributed by atoms with van der Waals surface area (Å²) in [6, 6.07) is 0.694. The minimum Gasteiger partial charge on any atom is -0.453 e. The van der Waals surface area contributed by atoms with Crippen molar-refractivity contribution in [3.8, 4) is 0 Å². The topological polar surface area (TPSA) is 27.7 Å². The molecule has 13 heavy (non-hydrogen) atoms. The molecular weight excluding hydrogens is 224 g/mol. The van der Waals surface area contributed by atoms with E-state index in [0.29, 0.717) is 29.7 Å². The Hall–Kier alpha value is 0.604. The van der Waals surface area contributed by atoms with Gasteiger partial charge in [0.1, 0.15) is 10.5 Å². The first kappa shape index (κ1) is 13.6. The largest absolute Gasteiger partial charge is 0.453 e. The summed E-state index contributed by atoms with van der Waals surface area (Å²) in [7, 11) is -1.35. The minimum absolute atomic E-state index is 0.196. The van der Waals surface area contributed by atoms with Crippen LogP contribution in [-0.4, -0.2) is 37.6 Å². The molecule has 0 aromatic carbocycles. The summed E-state index contributed by atoms with van der Waals surface area (Å²) in [4.78, 5) is 0. The summed E-state index contributed by atoms with van der Waals surface area (Å²) >= 11 is 6.18. The summed E-state index contributed by atoms with van der Waals surface area (Å²) in [5.41, 5.74) is 0. The Kier molecular flexibility index (Phi) is 7.29. The predicted molar refractivity (Wildman–Crippen MR) is 60.3 cm³/mol. The highest BCUT2D eigenvalue weighted by atomic mass is 35.6. The molecule has 0 rings (SSSR count). The molecule has 0 aromatic rings. The van der Waals surface area contributed by atoms with Gasteiger partial charge in [0.05, 0.1) is 0 Å². The second kappa shape index (κ2) is 6.97. The number of hydrogen-bond acceptors (Lipinski definition) is 3. The van der Waals surface area contributed by atoms with E-state index in [1.807, 2.05) is 20.4 Å². The van der Waals surface area contributed by atoms with Gasteiger partial charge in [-0.25, -0.2) is 0 Å². The molecule has 80 valence electrons. The number of halogens is 1. The second-order valence-electron chi connectivity index (χ2n) is 2.85. The van der Waals surface area contributed by atoms with E-state index in [-0.39, 0.29) is 6.29 Å². The van der Waals surface area contributed by atoms with Crippen molar-refractivity contribution in [3.63, 3.8) is 0 Å². The highest BCUT2D eigenvalue weighted by Crippen LogP contribution is 2.19. The predicted octanol–water partition coefficient (Wildman–Crippen LogP) is 0.993. The maximum Gasteiger partial charge on any atom is 0.281 e. The van der Waals surface area contributed by atoms with Crippen LogP contribution in [0.3, 0.4) is 0 Å². The number of ether oxygens (including phenoxy) is 2. The van der Waals surface area contributed by atoms with E-state index >= 15 is 0 Å². The van der Waals surface area contributed by atoms with Gasteiger partial charge in [-0.1, -0.05) is 0 Å². The van der Waals surface area contributed by atoms with Gasteiger partial charge in [-0.05, 0) is 20.4 Å². The highest BCUT2D eigenvalue weighted by Gasteiger charge is 2.29. The van der Waals surface area contributed by atoms with Crippen LogP contribution in [0.25, 0.3) is 0 Å². The second-order valence-corrected chi connectivity index (χ2v) is 9.49. The van der Waals surface area contributed by atoms with Crippen molar-refractivity contribution < 1.29 is 13.6 Å². The summed E-state index contributed by atoms with van der Waals surface area (Å²) in [6.07, 6.45) is -0.196. The van der Waals surface area contributed by atoms with E-state index in [0.717, 1.165) is 0 Å². The molecule has 0 aliphatic heterocycles. The van der Waals surface area contributed by atoms with Crippen LogP contribution in [0.5, 0.6) is 0 Å². The van der Waals surface area contributed by atoms with Crippen molar-refractivity contribution in [2.45, 2.75) is 32.7 Å². The van der Waals surface area contributed by atoms with Crippen molar-refractivity contribution >= 4 is 29.2 Å². The van der Waals surface area contributed by atoms with Gasteiger partial charge < -0.3 is 13.6 Å². The Bertz CT molecular complexity index is 129. The summed E-state index contributed by atoms with van der Waals surface area (Å²) in [5.74, 6) is 0. The van der Waals surface area contributed by atoms with Crippen LogP contribution in [0.1, 0.15) is 13.8 Å². The van der Waals surface area contributed by atoms with E-state index in [4.69, 9.17) is 24.7 Å². The Morgan fingerprint density at radius 1 is 1.31 bits per heavy atom. The Balaban J connectivity index is 3.92. The lowest BCUT2D eigenvalue weighted by Crippen LogP contribution is -2.34. The lowest BCUT2D eigenvalue weighted by Gasteiger charge is -2.24. The van der Waals surface area contributed by atoms with E-state index in [9.17, 15) is 0 Å². The van der Waals surface area contributed by atoms with Gasteiger partial charge in [-0.3, -0.25) is 0 Å². The van der Waals surface area contributed by atoms with Crippen molar-refractivity contribution in [3.05, 3.63) is 0 Å². The molecular formula is C7H19ClO3Si2. The van der Waals surface area contributed by atoms with E-state index in [2.05, 4.69) is 0 Å². The Morgan fingerprint density at radius 3 is 2.08 bits per heavy atom. The maximum atomic E-state index is 6.18. The van der Waals surface area contributed by atoms with Crippen LogP contribution in [0.4, 0.5) is 0 Å². The smallest absolute Gasteiger partial charge is 0.281 e. The quantitative estimate of drug-likeness (QED) is 0.379. The molecule has 0 saturated heterocycles. The fraction of sp³-hybridized carbons (Fsp3) is 1.00. The minimum atomic E-state index is -2.03. The molecule has 3 nitrogen and oxygen atoms in total. The van der Waals surface area contributed by atoms with E-state index in [1.165, 1.54) is 0 Å². The fourth-order valence-corrected chi connectivity index (χ4v) is 2.79. The molecule has 0 fully saturated rings. The monoisotopic (exact) mass is 242 g/mol. The molecule has 0 aliphatic carbocycles. The first-order valence-corrected chi connectivity index (χ1v) is 8.97. The molecule has 0 spiro atoms. The van der Waals surface area contributed by atoms with Gasteiger partial charge in [-0.15, -0.1) is 11.1 Å². The average molecular weight is 243 g/mol. The van der Waals surface area contributed by atoms with Crippen LogP contribution in [0.15, 0.2) is 0 Å². The molecule has 0 aliphatic rings. The van der Waals surface area contributed by atoms with Crippen LogP contribution < -0.4 is 0 Å². The summed E-state index contributed by atoms with van der Waals surface area (Å²) in [6.45, 7) is 7.15. The normalized spacial score (nSPS) is 16.4. The first-order chi connectivity index (χ1) is 6.05. The standard InChI is InChI=1S/C7H19ClO3Si2/c1-4-9-7(10-5-2)6-13(3,8)11-12/h7H,4-6H2,1-3,12H3. The number of rotatable bonds is 7. The van der Waals surface area contributed by atoms with Crippen molar-refractivity contribution in [2.24, 2.45) is 0 Å². The lowest BCUT2D eigenvalue weighted by atomic mass is 10.7. The van der Waals surface area contributed by atoms with Crippen molar-refractivity contribution in [2.75, 3.05) is 13.2 Å². The third-order valence-electron chi connectivity index (χ3n) is 1.66. The fourth-order valence-electron chi connectivity index (χ4n) is 0.919. The lowest BCUT2D eigenvalue weighted by molar-refractivity contribution is -0.124. The third-order valence-corrected chi connectivity index (χ3v) is 7.98. The molecule has 0 heterocycles. The molecule has 0 amide bonds. The van der Waals surface area contributed by atoms with Crippen LogP contribution >= 0.6 is 11.1 Å². The van der Waals surface area contributed by atoms with Crippen LogP contribution in [-0.2, 0) is 13.6 Å². The Labute approximate surface area is 89.1 Å². The summed E-state index contributed by atoms with van der Waals surface area (Å²) in [5, 5.41) is 0. The maximum absolute atomic E-state index is 6.18. The van der Waals surface area contributed by atoms with Crippen LogP contribution in [0.2, 0.25) is 12.6 Å². The number of hydrogen-bond donors (Lipinski definition) is 0. The highest BCUT2D eigenvalue weighted by molar-refractivity contribution is 7.16. The molecule has 0 aromatic heterocycles. The van der Waals surface area contributed by atoms with Gasteiger partial charge >= 0.3 is 0 Å². The van der Waals surface area contributed by atoms with Gasteiger partial charge in [0, 0.05) is 19.3 Å². The first-order valence-electron chi connectivity index (χ1n) is 4.53. The van der Waals surface area contributed by atoms with Gasteiger partial charge in [0.15, 0.2) is 6.29 Å². The van der Waals surface area contributed by atoms with Gasteiger partial charge in [0.2, 0.25) is 0 Å². The zero-order valence-electron chi connectivity index (χ0n) is 8.80. The van der Waals surface area contributed by atoms with Crippen molar-refractivity contribution in [1.82, 2.24) is 0 Å². The summed E-state index contributed by atoms with van der Waals surface area (Å²) < 4.78 is 16.1. The molecule has 0 N–H and O–H groups in total. The van der Waals surface area contributed by atoms with E-state index in [1.54, 1.807) is 0 Å². The van der Waals surface area contributed by atoms with Crippen LogP contribution in [0, 0.1) is 0 Å². The zero-order chi connectivity index (χ0) is 10.3. The SMILES string of the molecule is CCOC(C[Si](C)(Cl)O[SiH3])OCC. The molecule has 0 saturated carbocycles. The van der Waals surface area contributed by atoms with E-state index < -0.39 is 7.63 Å².